The lowest BCUT2D eigenvalue weighted by atomic mass is 10.1. The lowest BCUT2D eigenvalue weighted by Gasteiger charge is -2.27. The number of benzene rings is 2. The van der Waals surface area contributed by atoms with E-state index in [9.17, 15) is 13.2 Å². The van der Waals surface area contributed by atoms with Crippen molar-refractivity contribution in [2.75, 3.05) is 37.0 Å². The predicted molar refractivity (Wildman–Crippen MR) is 125 cm³/mol. The molecule has 0 aliphatic carbocycles. The smallest absolute Gasteiger partial charge is 0.264 e. The van der Waals surface area contributed by atoms with Gasteiger partial charge in [0.2, 0.25) is 5.91 Å². The second kappa shape index (κ2) is 11.0. The number of hydrogen-bond acceptors (Lipinski definition) is 4. The highest BCUT2D eigenvalue weighted by molar-refractivity contribution is 7.92. The van der Waals surface area contributed by atoms with Crippen LogP contribution >= 0.6 is 11.6 Å². The van der Waals surface area contributed by atoms with E-state index in [1.807, 2.05) is 0 Å². The Morgan fingerprint density at radius 1 is 1.10 bits per heavy atom. The molecule has 0 aromatic heterocycles. The van der Waals surface area contributed by atoms with Crippen molar-refractivity contribution in [3.05, 3.63) is 59.1 Å². The number of carbonyl (C=O) groups excluding carboxylic acids is 1. The fraction of sp³-hybridized carbons (Fsp3) is 0.435. The first-order valence-corrected chi connectivity index (χ1v) is 12.5. The molecular formula is C23H30ClN3O3S. The number of nitrogens with zero attached hydrogens (tertiary/aromatic N) is 2. The molecule has 1 amide bonds. The zero-order valence-electron chi connectivity index (χ0n) is 17.9. The molecule has 3 rings (SSSR count). The average molecular weight is 464 g/mol. The van der Waals surface area contributed by atoms with Crippen LogP contribution < -0.4 is 9.62 Å². The Morgan fingerprint density at radius 2 is 1.81 bits per heavy atom. The van der Waals surface area contributed by atoms with Crippen LogP contribution in [0.3, 0.4) is 0 Å². The maximum Gasteiger partial charge on any atom is 0.264 e. The molecule has 2 aromatic carbocycles. The number of sulfonamides is 1. The third kappa shape index (κ3) is 6.45. The van der Waals surface area contributed by atoms with Crippen molar-refractivity contribution in [3.8, 4) is 0 Å². The standard InChI is InChI=1S/C23H30ClN3O3S/c1-19-17-20(24)11-12-22(19)27(31(29,30)21-9-4-2-5-10-21)18-23(28)25-13-8-16-26-14-6-3-7-15-26/h2,4-5,9-12,17H,3,6-8,13-16,18H2,1H3,(H,25,28). The summed E-state index contributed by atoms with van der Waals surface area (Å²) in [5.74, 6) is -0.326. The summed E-state index contributed by atoms with van der Waals surface area (Å²) in [5, 5.41) is 3.39. The van der Waals surface area contributed by atoms with Crippen LogP contribution in [-0.4, -0.2) is 51.9 Å². The molecule has 1 fully saturated rings. The van der Waals surface area contributed by atoms with E-state index in [0.29, 0.717) is 22.8 Å². The number of likely N-dealkylation sites (tertiary alicyclic amines) is 1. The SMILES string of the molecule is Cc1cc(Cl)ccc1N(CC(=O)NCCCN1CCCCC1)S(=O)(=O)c1ccccc1. The predicted octanol–water partition coefficient (Wildman–Crippen LogP) is 3.84. The van der Waals surface area contributed by atoms with Gasteiger partial charge in [0, 0.05) is 11.6 Å². The van der Waals surface area contributed by atoms with Gasteiger partial charge in [-0.25, -0.2) is 8.42 Å². The first-order valence-electron chi connectivity index (χ1n) is 10.7. The molecule has 1 N–H and O–H groups in total. The molecule has 0 radical (unpaired) electrons. The topological polar surface area (TPSA) is 69.7 Å². The number of hydrogen-bond donors (Lipinski definition) is 1. The van der Waals surface area contributed by atoms with Crippen molar-refractivity contribution < 1.29 is 13.2 Å². The third-order valence-corrected chi connectivity index (χ3v) is 7.48. The van der Waals surface area contributed by atoms with Crippen LogP contribution in [0.2, 0.25) is 5.02 Å². The normalized spacial score (nSPS) is 14.9. The van der Waals surface area contributed by atoms with Crippen LogP contribution in [0.5, 0.6) is 0 Å². The van der Waals surface area contributed by atoms with Gasteiger partial charge in [-0.2, -0.15) is 0 Å². The molecule has 0 bridgehead atoms. The minimum absolute atomic E-state index is 0.141. The molecule has 0 saturated carbocycles. The summed E-state index contributed by atoms with van der Waals surface area (Å²) in [4.78, 5) is 15.2. The lowest BCUT2D eigenvalue weighted by molar-refractivity contribution is -0.119. The van der Waals surface area contributed by atoms with Gasteiger partial charge in [-0.3, -0.25) is 9.10 Å². The number of amides is 1. The van der Waals surface area contributed by atoms with E-state index in [1.165, 1.54) is 31.4 Å². The molecule has 0 unspecified atom stereocenters. The lowest BCUT2D eigenvalue weighted by Crippen LogP contribution is -2.42. The van der Waals surface area contributed by atoms with Crippen LogP contribution in [0.15, 0.2) is 53.4 Å². The van der Waals surface area contributed by atoms with Crippen molar-refractivity contribution in [2.45, 2.75) is 37.5 Å². The van der Waals surface area contributed by atoms with Crippen LogP contribution in [0.4, 0.5) is 5.69 Å². The van der Waals surface area contributed by atoms with E-state index < -0.39 is 10.0 Å². The van der Waals surface area contributed by atoms with E-state index >= 15 is 0 Å². The summed E-state index contributed by atoms with van der Waals surface area (Å²) in [7, 11) is -3.91. The minimum atomic E-state index is -3.91. The Kier molecular flexibility index (Phi) is 8.35. The van der Waals surface area contributed by atoms with Gasteiger partial charge in [-0.15, -0.1) is 0 Å². The van der Waals surface area contributed by atoms with E-state index in [-0.39, 0.29) is 17.3 Å². The van der Waals surface area contributed by atoms with Crippen molar-refractivity contribution in [2.24, 2.45) is 0 Å². The molecule has 1 aliphatic rings. The second-order valence-corrected chi connectivity index (χ2v) is 10.2. The number of nitrogens with one attached hydrogen (secondary N) is 1. The van der Waals surface area contributed by atoms with Crippen LogP contribution in [0.25, 0.3) is 0 Å². The van der Waals surface area contributed by atoms with Gasteiger partial charge >= 0.3 is 0 Å². The second-order valence-electron chi connectivity index (χ2n) is 7.86. The summed E-state index contributed by atoms with van der Waals surface area (Å²) in [6.45, 7) is 5.20. The molecule has 0 atom stereocenters. The average Bonchev–Trinajstić information content (AvgIpc) is 2.77. The number of aryl methyl sites for hydroxylation is 1. The fourth-order valence-electron chi connectivity index (χ4n) is 3.82. The van der Waals surface area contributed by atoms with Gasteiger partial charge in [-0.05, 0) is 81.7 Å². The van der Waals surface area contributed by atoms with Gasteiger partial charge in [0.1, 0.15) is 6.54 Å². The highest BCUT2D eigenvalue weighted by Crippen LogP contribution is 2.28. The summed E-state index contributed by atoms with van der Waals surface area (Å²) in [6, 6.07) is 13.1. The molecule has 1 heterocycles. The van der Waals surface area contributed by atoms with E-state index in [1.54, 1.807) is 43.3 Å². The number of halogens is 1. The summed E-state index contributed by atoms with van der Waals surface area (Å²) < 4.78 is 27.9. The Balaban J connectivity index is 1.70. The molecule has 31 heavy (non-hydrogen) atoms. The number of rotatable bonds is 9. The molecule has 2 aromatic rings. The summed E-state index contributed by atoms with van der Waals surface area (Å²) in [5.41, 5.74) is 1.13. The first kappa shape index (κ1) is 23.6. The van der Waals surface area contributed by atoms with Crippen molar-refractivity contribution in [1.82, 2.24) is 10.2 Å². The molecule has 0 spiro atoms. The maximum atomic E-state index is 13.3. The zero-order chi connectivity index (χ0) is 22.3. The van der Waals surface area contributed by atoms with Gasteiger partial charge in [0.25, 0.3) is 10.0 Å². The third-order valence-electron chi connectivity index (χ3n) is 5.47. The van der Waals surface area contributed by atoms with Crippen LogP contribution in [-0.2, 0) is 14.8 Å². The molecular weight excluding hydrogens is 434 g/mol. The summed E-state index contributed by atoms with van der Waals surface area (Å²) >= 11 is 6.06. The quantitative estimate of drug-likeness (QED) is 0.573. The van der Waals surface area contributed by atoms with Gasteiger partial charge in [-0.1, -0.05) is 36.2 Å². The molecule has 168 valence electrons. The Labute approximate surface area is 190 Å². The monoisotopic (exact) mass is 463 g/mol. The van der Waals surface area contributed by atoms with Gasteiger partial charge in [0.05, 0.1) is 10.6 Å². The minimum Gasteiger partial charge on any atom is -0.354 e. The Hall–Kier alpha value is -2.09. The van der Waals surface area contributed by atoms with Gasteiger partial charge < -0.3 is 10.2 Å². The molecule has 8 heteroatoms. The van der Waals surface area contributed by atoms with Crippen molar-refractivity contribution in [3.63, 3.8) is 0 Å². The Bertz CT molecular complexity index is 977. The van der Waals surface area contributed by atoms with E-state index in [0.717, 1.165) is 30.4 Å². The van der Waals surface area contributed by atoms with Crippen molar-refractivity contribution >= 4 is 33.2 Å². The molecule has 6 nitrogen and oxygen atoms in total. The van der Waals surface area contributed by atoms with Gasteiger partial charge in [0.15, 0.2) is 0 Å². The molecule has 1 aliphatic heterocycles. The zero-order valence-corrected chi connectivity index (χ0v) is 19.5. The van der Waals surface area contributed by atoms with E-state index in [2.05, 4.69) is 10.2 Å². The Morgan fingerprint density at radius 3 is 2.48 bits per heavy atom. The van der Waals surface area contributed by atoms with E-state index in [4.69, 9.17) is 11.6 Å². The highest BCUT2D eigenvalue weighted by atomic mass is 35.5. The van der Waals surface area contributed by atoms with Crippen LogP contribution in [0, 0.1) is 6.92 Å². The first-order chi connectivity index (χ1) is 14.9. The summed E-state index contributed by atoms with van der Waals surface area (Å²) in [6.07, 6.45) is 4.61. The number of piperidine rings is 1. The maximum absolute atomic E-state index is 13.3. The largest absolute Gasteiger partial charge is 0.354 e. The van der Waals surface area contributed by atoms with Crippen LogP contribution in [0.1, 0.15) is 31.2 Å². The fourth-order valence-corrected chi connectivity index (χ4v) is 5.55. The number of carbonyl (C=O) groups is 1. The molecule has 1 saturated heterocycles. The number of anilines is 1. The van der Waals surface area contributed by atoms with Crippen molar-refractivity contribution in [1.29, 1.82) is 0 Å². The highest BCUT2D eigenvalue weighted by Gasteiger charge is 2.28.